The van der Waals surface area contributed by atoms with E-state index in [1.165, 1.54) is 16.7 Å². The highest BCUT2D eigenvalue weighted by molar-refractivity contribution is 6.16. The molecule has 3 aromatic carbocycles. The first-order valence-electron chi connectivity index (χ1n) is 10.9. The Kier molecular flexibility index (Phi) is 4.21. The van der Waals surface area contributed by atoms with Gasteiger partial charge in [0.1, 0.15) is 5.52 Å². The molecule has 0 saturated heterocycles. The van der Waals surface area contributed by atoms with Crippen LogP contribution in [-0.2, 0) is 31.4 Å². The molecule has 1 amide bonds. The van der Waals surface area contributed by atoms with Crippen LogP contribution in [0.2, 0.25) is 0 Å². The third kappa shape index (κ3) is 2.94. The molecule has 1 aromatic heterocycles. The fraction of sp³-hybridized carbons (Fsp3) is 0.231. The van der Waals surface area contributed by atoms with E-state index in [0.29, 0.717) is 19.5 Å². The fourth-order valence-electron chi connectivity index (χ4n) is 4.88. The Morgan fingerprint density at radius 1 is 0.969 bits per heavy atom. The van der Waals surface area contributed by atoms with E-state index >= 15 is 0 Å². The van der Waals surface area contributed by atoms with Gasteiger partial charge >= 0.3 is 0 Å². The number of hydrogen-bond acceptors (Lipinski definition) is 4. The molecule has 6 rings (SSSR count). The minimum Gasteiger partial charge on any atom is -0.331 e. The summed E-state index contributed by atoms with van der Waals surface area (Å²) in [4.78, 5) is 19.8. The first-order chi connectivity index (χ1) is 15.6. The lowest BCUT2D eigenvalue weighted by Crippen LogP contribution is -2.38. The minimum absolute atomic E-state index is 0.0398. The SMILES string of the molecule is C[C@H](c1ccccc1)N1Cc2cc3c(cc2CC1=O)CN=C3c1ccc2nnn(C)c2c1. The van der Waals surface area contributed by atoms with Crippen molar-refractivity contribution >= 4 is 22.7 Å². The Hall–Kier alpha value is -3.80. The Morgan fingerprint density at radius 3 is 2.66 bits per heavy atom. The van der Waals surface area contributed by atoms with E-state index in [9.17, 15) is 4.79 Å². The highest BCUT2D eigenvalue weighted by Gasteiger charge is 2.30. The number of carbonyl (C=O) groups is 1. The van der Waals surface area contributed by atoms with Crippen molar-refractivity contribution in [1.82, 2.24) is 19.9 Å². The molecule has 0 fully saturated rings. The molecule has 0 radical (unpaired) electrons. The Morgan fingerprint density at radius 2 is 1.81 bits per heavy atom. The summed E-state index contributed by atoms with van der Waals surface area (Å²) in [6.07, 6.45) is 0.446. The molecule has 158 valence electrons. The maximum absolute atomic E-state index is 13.0. The zero-order valence-corrected chi connectivity index (χ0v) is 18.1. The van der Waals surface area contributed by atoms with Crippen LogP contribution in [0.1, 0.15) is 46.3 Å². The van der Waals surface area contributed by atoms with Gasteiger partial charge in [-0.1, -0.05) is 47.7 Å². The summed E-state index contributed by atoms with van der Waals surface area (Å²) in [6, 6.07) is 20.9. The van der Waals surface area contributed by atoms with Crippen LogP contribution in [0.3, 0.4) is 0 Å². The predicted molar refractivity (Wildman–Crippen MR) is 123 cm³/mol. The maximum atomic E-state index is 13.0. The van der Waals surface area contributed by atoms with Gasteiger partial charge in [-0.05, 0) is 47.4 Å². The van der Waals surface area contributed by atoms with Gasteiger partial charge in [0, 0.05) is 24.7 Å². The molecule has 1 atom stereocenters. The quantitative estimate of drug-likeness (QED) is 0.503. The molecule has 32 heavy (non-hydrogen) atoms. The number of aliphatic imine (C=N–C) groups is 1. The molecule has 2 aliphatic heterocycles. The van der Waals surface area contributed by atoms with Gasteiger partial charge in [-0.3, -0.25) is 9.79 Å². The van der Waals surface area contributed by atoms with Gasteiger partial charge < -0.3 is 4.90 Å². The molecule has 0 saturated carbocycles. The van der Waals surface area contributed by atoms with E-state index < -0.39 is 0 Å². The topological polar surface area (TPSA) is 63.4 Å². The summed E-state index contributed by atoms with van der Waals surface area (Å²) >= 11 is 0. The third-order valence-electron chi connectivity index (χ3n) is 6.72. The van der Waals surface area contributed by atoms with Crippen molar-refractivity contribution in [3.05, 3.63) is 94.0 Å². The normalized spacial score (nSPS) is 16.1. The minimum atomic E-state index is 0.0398. The van der Waals surface area contributed by atoms with Crippen LogP contribution in [0, 0.1) is 0 Å². The average molecular weight is 422 g/mol. The molecule has 6 nitrogen and oxygen atoms in total. The predicted octanol–water partition coefficient (Wildman–Crippen LogP) is 3.97. The number of amides is 1. The number of benzene rings is 3. The van der Waals surface area contributed by atoms with Crippen LogP contribution in [0.15, 0.2) is 65.7 Å². The Balaban J connectivity index is 1.36. The molecule has 2 aliphatic rings. The van der Waals surface area contributed by atoms with E-state index in [4.69, 9.17) is 4.99 Å². The first kappa shape index (κ1) is 18.9. The van der Waals surface area contributed by atoms with Gasteiger partial charge in [0.15, 0.2) is 0 Å². The van der Waals surface area contributed by atoms with Gasteiger partial charge in [0.2, 0.25) is 5.91 Å². The summed E-state index contributed by atoms with van der Waals surface area (Å²) < 4.78 is 1.79. The molecule has 3 heterocycles. The number of nitrogens with zero attached hydrogens (tertiary/aromatic N) is 5. The first-order valence-corrected chi connectivity index (χ1v) is 10.9. The van der Waals surface area contributed by atoms with Crippen molar-refractivity contribution < 1.29 is 4.79 Å². The van der Waals surface area contributed by atoms with Crippen molar-refractivity contribution in [1.29, 1.82) is 0 Å². The third-order valence-corrected chi connectivity index (χ3v) is 6.72. The number of aryl methyl sites for hydroxylation is 1. The van der Waals surface area contributed by atoms with Gasteiger partial charge in [-0.2, -0.15) is 0 Å². The lowest BCUT2D eigenvalue weighted by molar-refractivity contribution is -0.134. The van der Waals surface area contributed by atoms with Crippen molar-refractivity contribution in [3.63, 3.8) is 0 Å². The van der Waals surface area contributed by atoms with E-state index in [-0.39, 0.29) is 11.9 Å². The highest BCUT2D eigenvalue weighted by atomic mass is 16.2. The Labute approximate surface area is 186 Å². The largest absolute Gasteiger partial charge is 0.331 e. The molecule has 0 aliphatic carbocycles. The van der Waals surface area contributed by atoms with Crippen LogP contribution in [0.25, 0.3) is 11.0 Å². The van der Waals surface area contributed by atoms with Crippen molar-refractivity contribution in [3.8, 4) is 0 Å². The van der Waals surface area contributed by atoms with Crippen LogP contribution in [-0.4, -0.2) is 31.5 Å². The molecule has 6 heteroatoms. The molecule has 0 N–H and O–H groups in total. The molecule has 0 spiro atoms. The summed E-state index contributed by atoms with van der Waals surface area (Å²) in [7, 11) is 1.90. The molecule has 0 bridgehead atoms. The van der Waals surface area contributed by atoms with E-state index in [0.717, 1.165) is 33.4 Å². The van der Waals surface area contributed by atoms with E-state index in [1.54, 1.807) is 4.68 Å². The van der Waals surface area contributed by atoms with Gasteiger partial charge in [0.05, 0.1) is 30.2 Å². The van der Waals surface area contributed by atoms with E-state index in [2.05, 4.69) is 53.6 Å². The van der Waals surface area contributed by atoms with Crippen molar-refractivity contribution in [2.75, 3.05) is 0 Å². The molecular formula is C26H23N5O. The molecule has 4 aromatic rings. The van der Waals surface area contributed by atoms with Gasteiger partial charge in [-0.15, -0.1) is 5.10 Å². The summed E-state index contributed by atoms with van der Waals surface area (Å²) in [5, 5.41) is 8.29. The lowest BCUT2D eigenvalue weighted by atomic mass is 9.90. The van der Waals surface area contributed by atoms with E-state index in [1.807, 2.05) is 36.2 Å². The highest BCUT2D eigenvalue weighted by Crippen LogP contribution is 2.33. The number of carbonyl (C=O) groups excluding carboxylic acids is 1. The second kappa shape index (κ2) is 7.12. The van der Waals surface area contributed by atoms with Crippen LogP contribution in [0.4, 0.5) is 0 Å². The Bertz CT molecular complexity index is 1400. The monoisotopic (exact) mass is 421 g/mol. The zero-order valence-electron chi connectivity index (χ0n) is 18.1. The van der Waals surface area contributed by atoms with Crippen molar-refractivity contribution in [2.45, 2.75) is 32.5 Å². The number of fused-ring (bicyclic) bond motifs is 3. The molecular weight excluding hydrogens is 398 g/mol. The second-order valence-electron chi connectivity index (χ2n) is 8.64. The number of hydrogen-bond donors (Lipinski definition) is 0. The second-order valence-corrected chi connectivity index (χ2v) is 8.64. The summed E-state index contributed by atoms with van der Waals surface area (Å²) in [5.41, 5.74) is 9.81. The van der Waals surface area contributed by atoms with Crippen LogP contribution in [0.5, 0.6) is 0 Å². The van der Waals surface area contributed by atoms with Crippen molar-refractivity contribution in [2.24, 2.45) is 12.0 Å². The number of rotatable bonds is 3. The van der Waals surface area contributed by atoms with Gasteiger partial charge in [-0.25, -0.2) is 4.68 Å². The lowest BCUT2D eigenvalue weighted by Gasteiger charge is -2.34. The number of aromatic nitrogens is 3. The van der Waals surface area contributed by atoms with Crippen LogP contribution < -0.4 is 0 Å². The smallest absolute Gasteiger partial charge is 0.227 e. The van der Waals surface area contributed by atoms with Gasteiger partial charge in [0.25, 0.3) is 0 Å². The standard InChI is InChI=1S/C26H23N5O/c1-16(17-6-4-3-5-7-17)31-15-21-11-22-20(10-19(21)13-25(31)32)14-27-26(22)18-8-9-23-24(12-18)30(2)29-28-23/h3-12,16H,13-15H2,1-2H3/t16-/m1/s1. The fourth-order valence-corrected chi connectivity index (χ4v) is 4.88. The average Bonchev–Trinajstić information content (AvgIpc) is 3.40. The summed E-state index contributed by atoms with van der Waals surface area (Å²) in [6.45, 7) is 3.38. The zero-order chi connectivity index (χ0) is 21.8. The van der Waals surface area contributed by atoms with Crippen LogP contribution >= 0.6 is 0 Å². The maximum Gasteiger partial charge on any atom is 0.227 e. The summed E-state index contributed by atoms with van der Waals surface area (Å²) in [5.74, 6) is 0.183. The molecule has 0 unspecified atom stereocenters.